The molecule has 0 N–H and O–H groups in total. The second-order valence-corrected chi connectivity index (χ2v) is 7.78. The van der Waals surface area contributed by atoms with Gasteiger partial charge in [-0.2, -0.15) is 0 Å². The molecule has 0 aliphatic carbocycles. The van der Waals surface area contributed by atoms with Crippen molar-refractivity contribution in [1.82, 2.24) is 0 Å². The fourth-order valence-electron chi connectivity index (χ4n) is 1.80. The lowest BCUT2D eigenvalue weighted by atomic mass is 10.2. The molecule has 2 nitrogen and oxygen atoms in total. The molecular weight excluding hydrogens is 298 g/mol. The maximum atomic E-state index is 5.96. The van der Waals surface area contributed by atoms with Gasteiger partial charge in [-0.25, -0.2) is 0 Å². The van der Waals surface area contributed by atoms with Gasteiger partial charge in [-0.3, -0.25) is 0 Å². The number of hydrogen-bond donors (Lipinski definition) is 0. The van der Waals surface area contributed by atoms with E-state index in [1.807, 2.05) is 36.4 Å². The molecule has 0 aliphatic heterocycles. The van der Waals surface area contributed by atoms with Crippen LogP contribution in [0.5, 0.6) is 11.5 Å². The Morgan fingerprint density at radius 1 is 0.810 bits per heavy atom. The lowest BCUT2D eigenvalue weighted by Gasteiger charge is -2.17. The Morgan fingerprint density at radius 3 is 1.62 bits per heavy atom. The lowest BCUT2D eigenvalue weighted by Crippen LogP contribution is -1.97. The van der Waals surface area contributed by atoms with Gasteiger partial charge in [-0.1, -0.05) is 43.3 Å². The molecule has 112 valence electrons. The van der Waals surface area contributed by atoms with Gasteiger partial charge in [0.2, 0.25) is 0 Å². The maximum Gasteiger partial charge on any atom is 0.125 e. The highest BCUT2D eigenvalue weighted by molar-refractivity contribution is 7.52. The molecule has 0 spiro atoms. The summed E-state index contributed by atoms with van der Waals surface area (Å²) in [6, 6.07) is 16.3. The molecule has 21 heavy (non-hydrogen) atoms. The van der Waals surface area contributed by atoms with Crippen LogP contribution in [-0.4, -0.2) is 5.40 Å². The Bertz CT molecular complexity index is 523. The largest absolute Gasteiger partial charge is 0.476 e. The first-order valence-corrected chi connectivity index (χ1v) is 9.14. The second kappa shape index (κ2) is 8.37. The van der Waals surface area contributed by atoms with Crippen molar-refractivity contribution in [3.8, 4) is 11.5 Å². The van der Waals surface area contributed by atoms with E-state index in [4.69, 9.17) is 9.05 Å². The van der Waals surface area contributed by atoms with E-state index >= 15 is 0 Å². The van der Waals surface area contributed by atoms with E-state index in [2.05, 4.69) is 32.9 Å². The van der Waals surface area contributed by atoms with Gasteiger partial charge in [0.15, 0.2) is 0 Å². The minimum atomic E-state index is 0.433. The summed E-state index contributed by atoms with van der Waals surface area (Å²) in [6.45, 7) is 6.34. The quantitative estimate of drug-likeness (QED) is 0.611. The van der Waals surface area contributed by atoms with E-state index in [0.29, 0.717) is 23.0 Å². The molecule has 2 aromatic carbocycles. The van der Waals surface area contributed by atoms with Crippen LogP contribution in [0.3, 0.4) is 0 Å². The molecule has 0 aromatic heterocycles. The van der Waals surface area contributed by atoms with E-state index < -0.39 is 0 Å². The van der Waals surface area contributed by atoms with Crippen molar-refractivity contribution in [2.45, 2.75) is 32.6 Å². The van der Waals surface area contributed by atoms with Crippen LogP contribution < -0.4 is 9.05 Å². The van der Waals surface area contributed by atoms with Crippen LogP contribution in [0, 0.1) is 13.8 Å². The van der Waals surface area contributed by atoms with Crippen molar-refractivity contribution in [2.24, 2.45) is 0 Å². The highest BCUT2D eigenvalue weighted by Gasteiger charge is 2.11. The average Bonchev–Trinajstić information content (AvgIpc) is 2.50. The summed E-state index contributed by atoms with van der Waals surface area (Å²) in [5.41, 5.74) is 2.37. The van der Waals surface area contributed by atoms with Gasteiger partial charge < -0.3 is 9.05 Å². The number of benzene rings is 2. The molecule has 2 unspecified atom stereocenters. The predicted octanol–water partition coefficient (Wildman–Crippen LogP) is 5.68. The summed E-state index contributed by atoms with van der Waals surface area (Å²) in [7, 11) is 0.866. The van der Waals surface area contributed by atoms with Crippen LogP contribution >= 0.6 is 17.6 Å². The van der Waals surface area contributed by atoms with E-state index in [1.165, 1.54) is 11.1 Å². The summed E-state index contributed by atoms with van der Waals surface area (Å²) < 4.78 is 11.9. The van der Waals surface area contributed by atoms with E-state index in [9.17, 15) is 0 Å². The molecule has 0 saturated heterocycles. The summed E-state index contributed by atoms with van der Waals surface area (Å²) in [5.74, 6) is 1.96. The van der Waals surface area contributed by atoms with Gasteiger partial charge in [0.25, 0.3) is 0 Å². The third kappa shape index (κ3) is 4.99. The minimum absolute atomic E-state index is 0.433. The molecule has 0 aliphatic rings. The number of hydrogen-bond acceptors (Lipinski definition) is 2. The second-order valence-electron chi connectivity index (χ2n) is 4.93. The van der Waals surface area contributed by atoms with Crippen LogP contribution in [0.15, 0.2) is 48.5 Å². The van der Waals surface area contributed by atoms with Gasteiger partial charge in [0.05, 0.1) is 23.0 Å². The van der Waals surface area contributed by atoms with Crippen molar-refractivity contribution < 1.29 is 9.05 Å². The van der Waals surface area contributed by atoms with Crippen LogP contribution in [-0.2, 0) is 0 Å². The molecule has 2 atom stereocenters. The predicted molar refractivity (Wildman–Crippen MR) is 94.3 cm³/mol. The zero-order valence-corrected chi connectivity index (χ0v) is 14.7. The minimum Gasteiger partial charge on any atom is -0.476 e. The first kappa shape index (κ1) is 16.3. The highest BCUT2D eigenvalue weighted by Crippen LogP contribution is 2.40. The van der Waals surface area contributed by atoms with Crippen molar-refractivity contribution in [3.05, 3.63) is 59.7 Å². The normalized spacial score (nSPS) is 13.1. The van der Waals surface area contributed by atoms with E-state index in [0.717, 1.165) is 17.9 Å². The molecular formula is C17H22O2P2. The summed E-state index contributed by atoms with van der Waals surface area (Å²) in [4.78, 5) is 0. The topological polar surface area (TPSA) is 18.5 Å². The molecule has 2 aromatic rings. The molecule has 0 saturated carbocycles. The third-order valence-electron chi connectivity index (χ3n) is 3.22. The van der Waals surface area contributed by atoms with Gasteiger partial charge >= 0.3 is 0 Å². The van der Waals surface area contributed by atoms with E-state index in [1.54, 1.807) is 0 Å². The fourth-order valence-corrected chi connectivity index (χ4v) is 3.68. The Labute approximate surface area is 131 Å². The Morgan fingerprint density at radius 2 is 1.24 bits per heavy atom. The van der Waals surface area contributed by atoms with Crippen molar-refractivity contribution in [3.63, 3.8) is 0 Å². The van der Waals surface area contributed by atoms with Crippen LogP contribution in [0.2, 0.25) is 0 Å². The summed E-state index contributed by atoms with van der Waals surface area (Å²) >= 11 is 0. The number of aryl methyl sites for hydroxylation is 2. The zero-order valence-electron chi connectivity index (χ0n) is 12.7. The van der Waals surface area contributed by atoms with E-state index in [-0.39, 0.29) is 0 Å². The van der Waals surface area contributed by atoms with Crippen LogP contribution in [0.1, 0.15) is 24.5 Å². The molecule has 4 heteroatoms. The SMILES string of the molecule is CCC(POc1ccccc1C)POc1ccccc1C. The van der Waals surface area contributed by atoms with Gasteiger partial charge in [0, 0.05) is 0 Å². The standard InChI is InChI=1S/C17H22O2P2/c1-4-17(20-18-15-11-7-5-9-13(15)2)21-19-16-12-8-6-10-14(16)3/h5-12,17,20-21H,4H2,1-3H3. The Balaban J connectivity index is 1.86. The Kier molecular flexibility index (Phi) is 6.49. The Hall–Kier alpha value is -1.10. The molecule has 2 rings (SSSR count). The highest BCUT2D eigenvalue weighted by atomic mass is 31.1. The average molecular weight is 320 g/mol. The molecule has 0 bridgehead atoms. The monoisotopic (exact) mass is 320 g/mol. The third-order valence-corrected chi connectivity index (χ3v) is 5.99. The smallest absolute Gasteiger partial charge is 0.125 e. The van der Waals surface area contributed by atoms with Crippen LogP contribution in [0.4, 0.5) is 0 Å². The molecule has 0 fully saturated rings. The van der Waals surface area contributed by atoms with Gasteiger partial charge in [-0.05, 0) is 43.5 Å². The first-order valence-electron chi connectivity index (χ1n) is 7.16. The zero-order chi connectivity index (χ0) is 15.1. The molecule has 0 amide bonds. The van der Waals surface area contributed by atoms with Crippen molar-refractivity contribution >= 4 is 17.6 Å². The van der Waals surface area contributed by atoms with Crippen molar-refractivity contribution in [1.29, 1.82) is 0 Å². The van der Waals surface area contributed by atoms with Gasteiger partial charge in [-0.15, -0.1) is 0 Å². The lowest BCUT2D eigenvalue weighted by molar-refractivity contribution is 0.602. The summed E-state index contributed by atoms with van der Waals surface area (Å²) in [5, 5.41) is 0.448. The molecule has 0 radical (unpaired) electrons. The number of para-hydroxylation sites is 2. The van der Waals surface area contributed by atoms with Crippen molar-refractivity contribution in [2.75, 3.05) is 0 Å². The van der Waals surface area contributed by atoms with Crippen LogP contribution in [0.25, 0.3) is 0 Å². The number of rotatable bonds is 7. The molecule has 0 heterocycles. The summed E-state index contributed by atoms with van der Waals surface area (Å²) in [6.07, 6.45) is 1.06. The fraction of sp³-hybridized carbons (Fsp3) is 0.294. The first-order chi connectivity index (χ1) is 10.2. The maximum absolute atomic E-state index is 5.96. The van der Waals surface area contributed by atoms with Gasteiger partial charge in [0.1, 0.15) is 11.5 Å².